The van der Waals surface area contributed by atoms with Crippen LogP contribution >= 0.6 is 20.7 Å². The van der Waals surface area contributed by atoms with Crippen molar-refractivity contribution in [3.8, 4) is 11.5 Å². The fourth-order valence-corrected chi connectivity index (χ4v) is 5.33. The van der Waals surface area contributed by atoms with Crippen molar-refractivity contribution in [3.05, 3.63) is 66.6 Å². The van der Waals surface area contributed by atoms with E-state index < -0.39 is 0 Å². The highest BCUT2D eigenvalue weighted by Gasteiger charge is 2.21. The number of hydrogen-bond acceptors (Lipinski definition) is 2. The lowest BCUT2D eigenvalue weighted by molar-refractivity contribution is 0.338. The highest BCUT2D eigenvalue weighted by Crippen LogP contribution is 2.40. The summed E-state index contributed by atoms with van der Waals surface area (Å²) in [6.45, 7) is 0. The molecule has 4 heteroatoms. The summed E-state index contributed by atoms with van der Waals surface area (Å²) in [4.78, 5) is 3.48. The molecule has 0 amide bonds. The fourth-order valence-electron chi connectivity index (χ4n) is 2.62. The Labute approximate surface area is 130 Å². The molecule has 0 unspecified atom stereocenters. The number of H-pyrrole nitrogens is 1. The van der Waals surface area contributed by atoms with Crippen molar-refractivity contribution in [2.24, 2.45) is 0 Å². The van der Waals surface area contributed by atoms with E-state index in [4.69, 9.17) is 9.47 Å². The second-order valence-electron chi connectivity index (χ2n) is 4.93. The van der Waals surface area contributed by atoms with Gasteiger partial charge in [0, 0.05) is 20.1 Å². The van der Waals surface area contributed by atoms with E-state index in [2.05, 4.69) is 35.3 Å². The van der Waals surface area contributed by atoms with Gasteiger partial charge in [-0.3, -0.25) is 0 Å². The zero-order valence-corrected chi connectivity index (χ0v) is 13.0. The first-order valence-corrected chi connectivity index (χ1v) is 8.83. The number of hydrogen-bond donors (Lipinski definition) is 1. The second-order valence-corrected chi connectivity index (χ2v) is 7.52. The smallest absolute Gasteiger partial charge is 0.201 e. The molecule has 0 saturated carbocycles. The van der Waals surface area contributed by atoms with Crippen LogP contribution in [-0.2, 0) is 0 Å². The van der Waals surface area contributed by atoms with Crippen LogP contribution in [0, 0.1) is 3.15 Å². The highest BCUT2D eigenvalue weighted by atomic mass is 127. The Morgan fingerprint density at radius 1 is 0.857 bits per heavy atom. The molecule has 21 heavy (non-hydrogen) atoms. The summed E-state index contributed by atoms with van der Waals surface area (Å²) in [6, 6.07) is 16.2. The average Bonchev–Trinajstić information content (AvgIpc) is 2.88. The van der Waals surface area contributed by atoms with E-state index in [9.17, 15) is 0 Å². The molecule has 5 rings (SSSR count). The lowest BCUT2D eigenvalue weighted by atomic mass is 10.2. The van der Waals surface area contributed by atoms with Gasteiger partial charge in [-0.15, -0.1) is 0 Å². The van der Waals surface area contributed by atoms with Crippen molar-refractivity contribution >= 4 is 37.7 Å². The van der Waals surface area contributed by atoms with Gasteiger partial charge in [-0.2, -0.15) is 0 Å². The van der Waals surface area contributed by atoms with Crippen LogP contribution in [0.3, 0.4) is 0 Å². The Morgan fingerprint density at radius 3 is 2.52 bits per heavy atom. The van der Waals surface area contributed by atoms with E-state index in [-0.39, 0.29) is 20.7 Å². The molecule has 0 saturated heterocycles. The third kappa shape index (κ3) is 1.68. The summed E-state index contributed by atoms with van der Waals surface area (Å²) in [6.07, 6.45) is 2.06. The molecule has 3 aromatic rings. The third-order valence-corrected chi connectivity index (χ3v) is 6.53. The number of rotatable bonds is 0. The lowest BCUT2D eigenvalue weighted by Gasteiger charge is -2.20. The van der Waals surface area contributed by atoms with Gasteiger partial charge in [0.1, 0.15) is 0 Å². The molecule has 2 aromatic carbocycles. The average molecular weight is 387 g/mol. The van der Waals surface area contributed by atoms with E-state index in [0.29, 0.717) is 0 Å². The Balaban J connectivity index is 1.76. The maximum absolute atomic E-state index is 6.07. The lowest BCUT2D eigenvalue weighted by Crippen LogP contribution is -2.14. The number of para-hydroxylation sites is 3. The van der Waals surface area contributed by atoms with Crippen LogP contribution in [0.25, 0.3) is 17.0 Å². The summed E-state index contributed by atoms with van der Waals surface area (Å²) in [5.41, 5.74) is 1.18. The van der Waals surface area contributed by atoms with Gasteiger partial charge in [0.15, 0.2) is 17.3 Å². The number of nitrogens with one attached hydrogen (secondary N) is 1. The summed E-state index contributed by atoms with van der Waals surface area (Å²) >= 11 is -0.387. The molecule has 0 bridgehead atoms. The molecular weight excluding hydrogens is 377 g/mol. The van der Waals surface area contributed by atoms with Gasteiger partial charge < -0.3 is 14.5 Å². The van der Waals surface area contributed by atoms with E-state index >= 15 is 0 Å². The number of benzene rings is 2. The maximum atomic E-state index is 6.07. The van der Waals surface area contributed by atoms with Crippen molar-refractivity contribution in [3.63, 3.8) is 0 Å². The first-order chi connectivity index (χ1) is 10.4. The molecule has 3 heterocycles. The van der Waals surface area contributed by atoms with Gasteiger partial charge in [0.2, 0.25) is 3.77 Å². The van der Waals surface area contributed by atoms with Crippen LogP contribution in [0.2, 0.25) is 0 Å². The largest absolute Gasteiger partial charge is 0.449 e. The number of allylic oxidation sites excluding steroid dienone is 1. The minimum absolute atomic E-state index is 0.387. The molecule has 2 aliphatic rings. The molecule has 0 atom stereocenters. The fraction of sp³-hybridized carbons (Fsp3) is 0. The molecule has 0 fully saturated rings. The Bertz CT molecular complexity index is 1050. The van der Waals surface area contributed by atoms with Gasteiger partial charge in [-0.25, -0.2) is 0 Å². The summed E-state index contributed by atoms with van der Waals surface area (Å²) in [5, 5.41) is 2.45. The number of aromatic nitrogens is 1. The van der Waals surface area contributed by atoms with Crippen LogP contribution in [0.4, 0.5) is 0 Å². The quantitative estimate of drug-likeness (QED) is 0.596. The molecular formula is C17H10INO2. The predicted octanol–water partition coefficient (Wildman–Crippen LogP) is 3.82. The number of ether oxygens (including phenoxy) is 2. The summed E-state index contributed by atoms with van der Waals surface area (Å²) < 4.78 is 14.4. The standard InChI is InChI=1S/C17H10INO2/c1-2-6-11-10(5-1)16-12(19-11)9-15-17(18-16)21-14-8-4-3-7-13(14)20-15/h1-9,19H. The first kappa shape index (κ1) is 11.6. The van der Waals surface area contributed by atoms with E-state index in [1.54, 1.807) is 0 Å². The molecule has 2 aliphatic heterocycles. The maximum Gasteiger partial charge on any atom is 0.201 e. The van der Waals surface area contributed by atoms with E-state index in [0.717, 1.165) is 26.4 Å². The molecule has 1 N–H and O–H groups in total. The van der Waals surface area contributed by atoms with Crippen LogP contribution in [0.15, 0.2) is 58.1 Å². The Hall–Kier alpha value is -2.08. The summed E-state index contributed by atoms with van der Waals surface area (Å²) in [7, 11) is 0. The van der Waals surface area contributed by atoms with Gasteiger partial charge >= 0.3 is 0 Å². The SMILES string of the molecule is C1=c2[nH]c3ccccc3c2=IC2=C1Oc1ccccc1O2. The Kier molecular flexibility index (Phi) is 2.32. The number of fused-ring (bicyclic) bond motifs is 4. The predicted molar refractivity (Wildman–Crippen MR) is 90.0 cm³/mol. The molecule has 0 aliphatic carbocycles. The molecule has 0 spiro atoms. The van der Waals surface area contributed by atoms with Crippen LogP contribution < -0.4 is 14.8 Å². The first-order valence-electron chi connectivity index (χ1n) is 6.68. The van der Waals surface area contributed by atoms with Gasteiger partial charge in [0.05, 0.1) is 5.35 Å². The van der Waals surface area contributed by atoms with Crippen LogP contribution in [0.5, 0.6) is 11.5 Å². The van der Waals surface area contributed by atoms with Crippen molar-refractivity contribution < 1.29 is 9.47 Å². The second kappa shape index (κ2) is 4.21. The molecule has 3 nitrogen and oxygen atoms in total. The summed E-state index contributed by atoms with van der Waals surface area (Å²) in [5.74, 6) is 2.45. The van der Waals surface area contributed by atoms with E-state index in [1.807, 2.05) is 24.3 Å². The van der Waals surface area contributed by atoms with Crippen LogP contribution in [-0.4, -0.2) is 4.98 Å². The minimum atomic E-state index is -0.387. The van der Waals surface area contributed by atoms with Crippen molar-refractivity contribution in [2.45, 2.75) is 0 Å². The number of halogens is 1. The van der Waals surface area contributed by atoms with Crippen molar-refractivity contribution in [1.82, 2.24) is 4.98 Å². The Morgan fingerprint density at radius 2 is 1.62 bits per heavy atom. The topological polar surface area (TPSA) is 34.2 Å². The monoisotopic (exact) mass is 387 g/mol. The normalized spacial score (nSPS) is 15.4. The van der Waals surface area contributed by atoms with E-state index in [1.165, 1.54) is 14.1 Å². The van der Waals surface area contributed by atoms with Crippen LogP contribution in [0.1, 0.15) is 0 Å². The zero-order chi connectivity index (χ0) is 13.8. The minimum Gasteiger partial charge on any atom is -0.449 e. The van der Waals surface area contributed by atoms with Gasteiger partial charge in [-0.05, 0) is 38.9 Å². The van der Waals surface area contributed by atoms with Crippen molar-refractivity contribution in [1.29, 1.82) is 0 Å². The molecule has 0 radical (unpaired) electrons. The third-order valence-electron chi connectivity index (χ3n) is 3.59. The highest BCUT2D eigenvalue weighted by molar-refractivity contribution is 14.2. The van der Waals surface area contributed by atoms with Gasteiger partial charge in [-0.1, -0.05) is 30.3 Å². The molecule has 1 aromatic heterocycles. The van der Waals surface area contributed by atoms with Gasteiger partial charge in [0.25, 0.3) is 0 Å². The van der Waals surface area contributed by atoms with Crippen molar-refractivity contribution in [2.75, 3.05) is 0 Å². The molecule has 102 valence electrons. The zero-order valence-electron chi connectivity index (χ0n) is 10.9. The number of aromatic amines is 1.